The fraction of sp³-hybridized carbons (Fsp3) is 0.476. The Kier molecular flexibility index (Phi) is 5.28. The summed E-state index contributed by atoms with van der Waals surface area (Å²) < 4.78 is 11.5. The van der Waals surface area contributed by atoms with Crippen molar-refractivity contribution < 1.29 is 14.3 Å². The average Bonchev–Trinajstić information content (AvgIpc) is 3.14. The minimum Gasteiger partial charge on any atom is -0.366 e. The average molecular weight is 382 g/mol. The summed E-state index contributed by atoms with van der Waals surface area (Å²) in [5, 5.41) is 3.30. The molecule has 0 aliphatic carbocycles. The number of carbonyl (C=O) groups is 1. The second-order valence-electron chi connectivity index (χ2n) is 7.43. The maximum absolute atomic E-state index is 13.0. The van der Waals surface area contributed by atoms with Crippen LogP contribution in [0.3, 0.4) is 0 Å². The van der Waals surface area contributed by atoms with E-state index in [9.17, 15) is 4.79 Å². The van der Waals surface area contributed by atoms with E-state index in [4.69, 9.17) is 9.47 Å². The SMILES string of the molecule is Cc1cccc(CNc2cc(C(=O)N3CCC4(CC3)OCCO4)nc(C)n2)c1. The third-order valence-corrected chi connectivity index (χ3v) is 5.24. The van der Waals surface area contributed by atoms with Gasteiger partial charge in [-0.3, -0.25) is 4.79 Å². The molecule has 1 aromatic heterocycles. The van der Waals surface area contributed by atoms with Gasteiger partial charge >= 0.3 is 0 Å². The number of likely N-dealkylation sites (tertiary alicyclic amines) is 1. The molecule has 1 N–H and O–H groups in total. The molecular formula is C21H26N4O3. The minimum atomic E-state index is -0.487. The van der Waals surface area contributed by atoms with Crippen LogP contribution in [0.5, 0.6) is 0 Å². The molecule has 2 fully saturated rings. The van der Waals surface area contributed by atoms with Crippen LogP contribution in [-0.4, -0.2) is 52.9 Å². The Balaban J connectivity index is 1.42. The van der Waals surface area contributed by atoms with Crippen LogP contribution in [0, 0.1) is 13.8 Å². The van der Waals surface area contributed by atoms with Crippen LogP contribution >= 0.6 is 0 Å². The maximum Gasteiger partial charge on any atom is 0.272 e. The van der Waals surface area contributed by atoms with Gasteiger partial charge in [0, 0.05) is 38.5 Å². The lowest BCUT2D eigenvalue weighted by atomic mass is 10.0. The monoisotopic (exact) mass is 382 g/mol. The molecule has 3 heterocycles. The van der Waals surface area contributed by atoms with E-state index in [-0.39, 0.29) is 5.91 Å². The summed E-state index contributed by atoms with van der Waals surface area (Å²) in [6, 6.07) is 10.0. The number of benzene rings is 1. The van der Waals surface area contributed by atoms with E-state index in [1.54, 1.807) is 13.0 Å². The van der Waals surface area contributed by atoms with Crippen molar-refractivity contribution in [3.63, 3.8) is 0 Å². The number of anilines is 1. The fourth-order valence-corrected chi connectivity index (χ4v) is 3.78. The van der Waals surface area contributed by atoms with E-state index in [1.165, 1.54) is 11.1 Å². The molecule has 2 saturated heterocycles. The van der Waals surface area contributed by atoms with Crippen molar-refractivity contribution in [2.75, 3.05) is 31.6 Å². The Morgan fingerprint density at radius 3 is 2.61 bits per heavy atom. The number of hydrogen-bond donors (Lipinski definition) is 1. The number of aryl methyl sites for hydroxylation is 2. The Morgan fingerprint density at radius 2 is 1.89 bits per heavy atom. The Morgan fingerprint density at radius 1 is 1.14 bits per heavy atom. The Hall–Kier alpha value is -2.51. The molecule has 28 heavy (non-hydrogen) atoms. The quantitative estimate of drug-likeness (QED) is 0.876. The van der Waals surface area contributed by atoms with Crippen LogP contribution in [-0.2, 0) is 16.0 Å². The van der Waals surface area contributed by atoms with Gasteiger partial charge in [0.1, 0.15) is 17.3 Å². The van der Waals surface area contributed by atoms with E-state index in [0.29, 0.717) is 63.0 Å². The summed E-state index contributed by atoms with van der Waals surface area (Å²) in [4.78, 5) is 23.6. The summed E-state index contributed by atoms with van der Waals surface area (Å²) in [5.41, 5.74) is 2.80. The molecule has 0 atom stereocenters. The van der Waals surface area contributed by atoms with Gasteiger partial charge in [-0.1, -0.05) is 29.8 Å². The standard InChI is InChI=1S/C21H26N4O3/c1-15-4-3-5-17(12-15)14-22-19-13-18(23-16(2)24-19)20(26)25-8-6-21(7-9-25)27-10-11-28-21/h3-5,12-13H,6-11,14H2,1-2H3,(H,22,23,24). The number of aromatic nitrogens is 2. The molecule has 4 rings (SSSR count). The maximum atomic E-state index is 13.0. The molecule has 2 aliphatic heterocycles. The molecule has 0 unspecified atom stereocenters. The molecule has 2 aromatic rings. The van der Waals surface area contributed by atoms with Crippen molar-refractivity contribution in [1.82, 2.24) is 14.9 Å². The molecule has 0 saturated carbocycles. The molecular weight excluding hydrogens is 356 g/mol. The first kappa shape index (κ1) is 18.8. The lowest BCUT2D eigenvalue weighted by Crippen LogP contribution is -2.47. The molecule has 2 aliphatic rings. The number of piperidine rings is 1. The van der Waals surface area contributed by atoms with Gasteiger partial charge in [0.15, 0.2) is 5.79 Å². The first-order valence-corrected chi connectivity index (χ1v) is 9.75. The fourth-order valence-electron chi connectivity index (χ4n) is 3.78. The molecule has 148 valence electrons. The summed E-state index contributed by atoms with van der Waals surface area (Å²) >= 11 is 0. The minimum absolute atomic E-state index is 0.0723. The second-order valence-corrected chi connectivity index (χ2v) is 7.43. The third-order valence-electron chi connectivity index (χ3n) is 5.24. The van der Waals surface area contributed by atoms with Crippen molar-refractivity contribution in [2.24, 2.45) is 0 Å². The molecule has 1 amide bonds. The van der Waals surface area contributed by atoms with E-state index >= 15 is 0 Å². The van der Waals surface area contributed by atoms with E-state index < -0.39 is 5.79 Å². The number of carbonyl (C=O) groups excluding carboxylic acids is 1. The number of amides is 1. The highest BCUT2D eigenvalue weighted by Crippen LogP contribution is 2.31. The normalized spacial score (nSPS) is 18.4. The Bertz CT molecular complexity index is 854. The van der Waals surface area contributed by atoms with Crippen LogP contribution in [0.25, 0.3) is 0 Å². The van der Waals surface area contributed by atoms with Crippen LogP contribution in [0.1, 0.15) is 40.3 Å². The topological polar surface area (TPSA) is 76.6 Å². The van der Waals surface area contributed by atoms with Crippen molar-refractivity contribution in [3.8, 4) is 0 Å². The highest BCUT2D eigenvalue weighted by Gasteiger charge is 2.41. The lowest BCUT2D eigenvalue weighted by Gasteiger charge is -2.37. The number of ether oxygens (including phenoxy) is 2. The number of rotatable bonds is 4. The number of nitrogens with one attached hydrogen (secondary N) is 1. The van der Waals surface area contributed by atoms with Gasteiger partial charge in [0.2, 0.25) is 0 Å². The van der Waals surface area contributed by atoms with Crippen LogP contribution in [0.2, 0.25) is 0 Å². The van der Waals surface area contributed by atoms with Gasteiger partial charge in [0.25, 0.3) is 5.91 Å². The van der Waals surface area contributed by atoms with Crippen molar-refractivity contribution in [2.45, 2.75) is 39.0 Å². The smallest absolute Gasteiger partial charge is 0.272 e. The largest absolute Gasteiger partial charge is 0.366 e. The van der Waals surface area contributed by atoms with E-state index in [0.717, 1.165) is 0 Å². The third kappa shape index (κ3) is 4.15. The summed E-state index contributed by atoms with van der Waals surface area (Å²) in [7, 11) is 0. The van der Waals surface area contributed by atoms with Crippen molar-refractivity contribution in [3.05, 3.63) is 53.0 Å². The van der Waals surface area contributed by atoms with Crippen LogP contribution < -0.4 is 5.32 Å². The van der Waals surface area contributed by atoms with Gasteiger partial charge in [-0.25, -0.2) is 9.97 Å². The first-order valence-electron chi connectivity index (χ1n) is 9.75. The van der Waals surface area contributed by atoms with Gasteiger partial charge < -0.3 is 19.7 Å². The van der Waals surface area contributed by atoms with Crippen molar-refractivity contribution in [1.29, 1.82) is 0 Å². The number of hydrogen-bond acceptors (Lipinski definition) is 6. The zero-order chi connectivity index (χ0) is 19.6. The van der Waals surface area contributed by atoms with Crippen LogP contribution in [0.4, 0.5) is 5.82 Å². The molecule has 0 bridgehead atoms. The summed E-state index contributed by atoms with van der Waals surface area (Å²) in [6.45, 7) is 7.00. The van der Waals surface area contributed by atoms with Gasteiger partial charge in [-0.05, 0) is 19.4 Å². The molecule has 1 spiro atoms. The van der Waals surface area contributed by atoms with Crippen molar-refractivity contribution >= 4 is 11.7 Å². The highest BCUT2D eigenvalue weighted by atomic mass is 16.7. The van der Waals surface area contributed by atoms with Gasteiger partial charge in [-0.2, -0.15) is 0 Å². The summed E-state index contributed by atoms with van der Waals surface area (Å²) in [6.07, 6.45) is 1.39. The molecule has 7 nitrogen and oxygen atoms in total. The summed E-state index contributed by atoms with van der Waals surface area (Å²) in [5.74, 6) is 0.678. The van der Waals surface area contributed by atoms with E-state index in [2.05, 4.69) is 40.4 Å². The van der Waals surface area contributed by atoms with Crippen LogP contribution in [0.15, 0.2) is 30.3 Å². The number of nitrogens with zero attached hydrogens (tertiary/aromatic N) is 3. The molecule has 7 heteroatoms. The second kappa shape index (κ2) is 7.85. The zero-order valence-corrected chi connectivity index (χ0v) is 16.4. The predicted molar refractivity (Wildman–Crippen MR) is 105 cm³/mol. The highest BCUT2D eigenvalue weighted by molar-refractivity contribution is 5.93. The van der Waals surface area contributed by atoms with Gasteiger partial charge in [0.05, 0.1) is 13.2 Å². The predicted octanol–water partition coefficient (Wildman–Crippen LogP) is 2.68. The molecule has 0 radical (unpaired) electrons. The molecule has 1 aromatic carbocycles. The van der Waals surface area contributed by atoms with E-state index in [1.807, 2.05) is 11.0 Å². The zero-order valence-electron chi connectivity index (χ0n) is 16.4. The first-order chi connectivity index (χ1) is 13.5. The lowest BCUT2D eigenvalue weighted by molar-refractivity contribution is -0.181. The Labute approximate surface area is 165 Å². The van der Waals surface area contributed by atoms with Gasteiger partial charge in [-0.15, -0.1) is 0 Å².